The average molecular weight is 497 g/mol. The molecule has 0 spiro atoms. The van der Waals surface area contributed by atoms with E-state index >= 15 is 0 Å². The molecule has 184 valence electrons. The molecular weight excluding hydrogens is 468 g/mol. The van der Waals surface area contributed by atoms with E-state index in [0.717, 1.165) is 0 Å². The van der Waals surface area contributed by atoms with Gasteiger partial charge in [0.1, 0.15) is 0 Å². The van der Waals surface area contributed by atoms with Crippen LogP contribution in [0.2, 0.25) is 0 Å². The van der Waals surface area contributed by atoms with Gasteiger partial charge in [0.2, 0.25) is 0 Å². The van der Waals surface area contributed by atoms with Gasteiger partial charge in [-0.1, -0.05) is 141 Å². The Morgan fingerprint density at radius 2 is 0.897 bits per heavy atom. The van der Waals surface area contributed by atoms with Gasteiger partial charge in [-0.25, -0.2) is 0 Å². The van der Waals surface area contributed by atoms with E-state index in [-0.39, 0.29) is 5.41 Å². The molecule has 0 fully saturated rings. The maximum atomic E-state index is 2.46. The third-order valence-electron chi connectivity index (χ3n) is 8.86. The first-order valence-electron chi connectivity index (χ1n) is 13.8. The van der Waals surface area contributed by atoms with Crippen molar-refractivity contribution in [2.75, 3.05) is 0 Å². The Morgan fingerprint density at radius 1 is 0.385 bits per heavy atom. The van der Waals surface area contributed by atoms with Gasteiger partial charge in [0.25, 0.3) is 0 Å². The molecule has 0 aliphatic heterocycles. The molecular formula is C39H28. The van der Waals surface area contributed by atoms with Gasteiger partial charge in [-0.2, -0.15) is 0 Å². The Bertz CT molecular complexity index is 2030. The van der Waals surface area contributed by atoms with Gasteiger partial charge in [0, 0.05) is 5.41 Å². The highest BCUT2D eigenvalue weighted by Crippen LogP contribution is 2.51. The van der Waals surface area contributed by atoms with E-state index in [4.69, 9.17) is 0 Å². The highest BCUT2D eigenvalue weighted by molar-refractivity contribution is 6.23. The zero-order valence-electron chi connectivity index (χ0n) is 22.2. The minimum atomic E-state index is -0.0313. The first kappa shape index (κ1) is 22.3. The molecule has 0 saturated heterocycles. The highest BCUT2D eigenvalue weighted by atomic mass is 14.4. The molecule has 0 heterocycles. The van der Waals surface area contributed by atoms with E-state index in [9.17, 15) is 0 Å². The van der Waals surface area contributed by atoms with Gasteiger partial charge in [0.05, 0.1) is 0 Å². The second kappa shape index (κ2) is 8.16. The Labute approximate surface area is 229 Å². The van der Waals surface area contributed by atoms with Crippen LogP contribution in [0.1, 0.15) is 25.0 Å². The predicted molar refractivity (Wildman–Crippen MR) is 167 cm³/mol. The monoisotopic (exact) mass is 496 g/mol. The highest BCUT2D eigenvalue weighted by Gasteiger charge is 2.35. The standard InChI is InChI=1S/C39H28/c1-39(2)35-21-10-9-15-28(35)29-23-22-26(24-36(29)39)37-31-16-5-7-18-33(31)38(34-19-8-6-17-32(34)37)30-20-11-13-25-12-3-4-14-27(25)30/h3-24H,1-2H3. The molecule has 0 atom stereocenters. The molecule has 7 aromatic rings. The van der Waals surface area contributed by atoms with E-state index in [0.29, 0.717) is 0 Å². The maximum Gasteiger partial charge on any atom is 0.0159 e. The summed E-state index contributed by atoms with van der Waals surface area (Å²) in [6.07, 6.45) is 0. The van der Waals surface area contributed by atoms with Crippen molar-refractivity contribution in [3.8, 4) is 33.4 Å². The van der Waals surface area contributed by atoms with Gasteiger partial charge in [0.15, 0.2) is 0 Å². The van der Waals surface area contributed by atoms with Crippen molar-refractivity contribution in [1.29, 1.82) is 0 Å². The van der Waals surface area contributed by atoms with Crippen LogP contribution in [0.5, 0.6) is 0 Å². The van der Waals surface area contributed by atoms with Crippen molar-refractivity contribution < 1.29 is 0 Å². The van der Waals surface area contributed by atoms with E-state index in [1.165, 1.54) is 76.8 Å². The lowest BCUT2D eigenvalue weighted by Crippen LogP contribution is -2.14. The molecule has 7 aromatic carbocycles. The molecule has 1 aliphatic carbocycles. The Balaban J connectivity index is 1.47. The second-order valence-corrected chi connectivity index (χ2v) is 11.3. The van der Waals surface area contributed by atoms with Crippen LogP contribution < -0.4 is 0 Å². The first-order chi connectivity index (χ1) is 19.1. The molecule has 0 unspecified atom stereocenters. The fourth-order valence-electron chi connectivity index (χ4n) is 7.03. The van der Waals surface area contributed by atoms with E-state index < -0.39 is 0 Å². The quantitative estimate of drug-likeness (QED) is 0.209. The fourth-order valence-corrected chi connectivity index (χ4v) is 7.03. The number of benzene rings is 7. The predicted octanol–water partition coefficient (Wildman–Crippen LogP) is 10.8. The summed E-state index contributed by atoms with van der Waals surface area (Å²) < 4.78 is 0. The van der Waals surface area contributed by atoms with Crippen LogP contribution in [0.3, 0.4) is 0 Å². The summed E-state index contributed by atoms with van der Waals surface area (Å²) in [5.41, 5.74) is 10.7. The topological polar surface area (TPSA) is 0 Å². The van der Waals surface area contributed by atoms with Crippen molar-refractivity contribution in [3.05, 3.63) is 145 Å². The van der Waals surface area contributed by atoms with Crippen molar-refractivity contribution in [2.45, 2.75) is 19.3 Å². The van der Waals surface area contributed by atoms with Crippen LogP contribution in [-0.2, 0) is 5.41 Å². The summed E-state index contributed by atoms with van der Waals surface area (Å²) in [5, 5.41) is 7.75. The summed E-state index contributed by atoms with van der Waals surface area (Å²) >= 11 is 0. The molecule has 1 aliphatic rings. The van der Waals surface area contributed by atoms with Crippen molar-refractivity contribution in [3.63, 3.8) is 0 Å². The van der Waals surface area contributed by atoms with E-state index in [1.807, 2.05) is 0 Å². The number of rotatable bonds is 2. The molecule has 0 nitrogen and oxygen atoms in total. The van der Waals surface area contributed by atoms with Crippen molar-refractivity contribution >= 4 is 32.3 Å². The minimum Gasteiger partial charge on any atom is -0.0619 e. The van der Waals surface area contributed by atoms with Gasteiger partial charge < -0.3 is 0 Å². The molecule has 0 heteroatoms. The summed E-state index contributed by atoms with van der Waals surface area (Å²) in [4.78, 5) is 0. The first-order valence-corrected chi connectivity index (χ1v) is 13.8. The van der Waals surface area contributed by atoms with Gasteiger partial charge in [-0.05, 0) is 82.9 Å². The van der Waals surface area contributed by atoms with Crippen molar-refractivity contribution in [2.24, 2.45) is 0 Å². The van der Waals surface area contributed by atoms with Crippen LogP contribution in [-0.4, -0.2) is 0 Å². The molecule has 0 amide bonds. The summed E-state index contributed by atoms with van der Waals surface area (Å²) in [5.74, 6) is 0. The smallest absolute Gasteiger partial charge is 0.0159 e. The Kier molecular flexibility index (Phi) is 4.67. The van der Waals surface area contributed by atoms with Crippen LogP contribution in [0, 0.1) is 0 Å². The van der Waals surface area contributed by atoms with Crippen LogP contribution in [0.4, 0.5) is 0 Å². The molecule has 0 saturated carbocycles. The molecule has 39 heavy (non-hydrogen) atoms. The van der Waals surface area contributed by atoms with Gasteiger partial charge in [-0.3, -0.25) is 0 Å². The van der Waals surface area contributed by atoms with Crippen molar-refractivity contribution in [1.82, 2.24) is 0 Å². The number of hydrogen-bond acceptors (Lipinski definition) is 0. The van der Waals surface area contributed by atoms with Crippen LogP contribution in [0.15, 0.2) is 133 Å². The fraction of sp³-hybridized carbons (Fsp3) is 0.0769. The molecule has 8 rings (SSSR count). The van der Waals surface area contributed by atoms with Gasteiger partial charge in [-0.15, -0.1) is 0 Å². The largest absolute Gasteiger partial charge is 0.0619 e. The normalized spacial score (nSPS) is 13.6. The average Bonchev–Trinajstić information content (AvgIpc) is 3.21. The lowest BCUT2D eigenvalue weighted by molar-refractivity contribution is 0.660. The van der Waals surface area contributed by atoms with Crippen LogP contribution in [0.25, 0.3) is 65.7 Å². The van der Waals surface area contributed by atoms with E-state index in [2.05, 4.69) is 147 Å². The maximum absolute atomic E-state index is 2.46. The lowest BCUT2D eigenvalue weighted by atomic mass is 9.80. The minimum absolute atomic E-state index is 0.0313. The SMILES string of the molecule is CC1(C)c2ccccc2-c2ccc(-c3c4ccccc4c(-c4cccc5ccccc45)c4ccccc34)cc21. The summed E-state index contributed by atoms with van der Waals surface area (Å²) in [6, 6.07) is 49.4. The molecule has 0 N–H and O–H groups in total. The lowest BCUT2D eigenvalue weighted by Gasteiger charge is -2.23. The zero-order valence-corrected chi connectivity index (χ0v) is 22.2. The number of fused-ring (bicyclic) bond motifs is 6. The van der Waals surface area contributed by atoms with Crippen LogP contribution >= 0.6 is 0 Å². The third-order valence-corrected chi connectivity index (χ3v) is 8.86. The summed E-state index contributed by atoms with van der Waals surface area (Å²) in [7, 11) is 0. The second-order valence-electron chi connectivity index (χ2n) is 11.3. The van der Waals surface area contributed by atoms with E-state index in [1.54, 1.807) is 0 Å². The summed E-state index contributed by atoms with van der Waals surface area (Å²) in [6.45, 7) is 4.72. The number of hydrogen-bond donors (Lipinski definition) is 0. The molecule has 0 radical (unpaired) electrons. The molecule has 0 aromatic heterocycles. The Morgan fingerprint density at radius 3 is 1.62 bits per heavy atom. The molecule has 0 bridgehead atoms. The third kappa shape index (κ3) is 3.12. The van der Waals surface area contributed by atoms with Gasteiger partial charge >= 0.3 is 0 Å². The zero-order chi connectivity index (χ0) is 26.1. The Hall–Kier alpha value is -4.68.